The van der Waals surface area contributed by atoms with Gasteiger partial charge in [-0.3, -0.25) is 9.47 Å². The van der Waals surface area contributed by atoms with E-state index in [0.29, 0.717) is 31.7 Å². The normalized spacial score (nSPS) is 16.7. The Balaban J connectivity index is 1.41. The van der Waals surface area contributed by atoms with Crippen molar-refractivity contribution in [1.29, 1.82) is 0 Å². The molecule has 7 nitrogen and oxygen atoms in total. The zero-order valence-corrected chi connectivity index (χ0v) is 17.0. The first-order valence-electron chi connectivity index (χ1n) is 9.49. The minimum atomic E-state index is -3.63. The Morgan fingerprint density at radius 1 is 1.03 bits per heavy atom. The summed E-state index contributed by atoms with van der Waals surface area (Å²) < 4.78 is 34.0. The van der Waals surface area contributed by atoms with E-state index in [1.807, 2.05) is 30.3 Å². The van der Waals surface area contributed by atoms with Crippen LogP contribution >= 0.6 is 0 Å². The molecule has 0 aliphatic carbocycles. The number of rotatable bonds is 5. The summed E-state index contributed by atoms with van der Waals surface area (Å²) in [5.41, 5.74) is 2.00. The highest BCUT2D eigenvalue weighted by atomic mass is 32.2. The Hall–Kier alpha value is -2.68. The Bertz CT molecular complexity index is 1190. The lowest BCUT2D eigenvalue weighted by molar-refractivity contribution is 0.204. The number of hydrogen-bond donors (Lipinski definition) is 0. The lowest BCUT2D eigenvalue weighted by Crippen LogP contribution is -2.48. The molecule has 29 heavy (non-hydrogen) atoms. The summed E-state index contributed by atoms with van der Waals surface area (Å²) in [5, 5.41) is 0. The molecule has 0 bridgehead atoms. The van der Waals surface area contributed by atoms with Crippen molar-refractivity contribution in [3.05, 3.63) is 70.7 Å². The summed E-state index contributed by atoms with van der Waals surface area (Å²) in [6, 6.07) is 14.7. The molecule has 1 aliphatic rings. The molecular weight excluding hydrogens is 390 g/mol. The summed E-state index contributed by atoms with van der Waals surface area (Å²) in [5.74, 6) is -0.508. The second-order valence-corrected chi connectivity index (χ2v) is 9.01. The highest BCUT2D eigenvalue weighted by molar-refractivity contribution is 7.89. The molecule has 0 N–H and O–H groups in total. The maximum Gasteiger partial charge on any atom is 0.419 e. The molecular formula is C21H23N3O4S. The molecule has 152 valence electrons. The molecule has 1 aromatic heterocycles. The quantitative estimate of drug-likeness (QED) is 0.641. The first kappa shape index (κ1) is 19.6. The molecule has 0 spiro atoms. The lowest BCUT2D eigenvalue weighted by atomic mass is 10.2. The number of piperazine rings is 1. The van der Waals surface area contributed by atoms with Crippen LogP contribution in [0.2, 0.25) is 0 Å². The Kier molecular flexibility index (Phi) is 5.40. The van der Waals surface area contributed by atoms with Crippen molar-refractivity contribution >= 4 is 27.2 Å². The zero-order chi connectivity index (χ0) is 20.4. The van der Waals surface area contributed by atoms with Crippen LogP contribution in [-0.4, -0.2) is 54.9 Å². The second-order valence-electron chi connectivity index (χ2n) is 7.07. The molecule has 2 heterocycles. The average molecular weight is 413 g/mol. The van der Waals surface area contributed by atoms with Gasteiger partial charge in [-0.05, 0) is 17.7 Å². The molecule has 0 unspecified atom stereocenters. The van der Waals surface area contributed by atoms with Crippen molar-refractivity contribution in [2.45, 2.75) is 4.90 Å². The lowest BCUT2D eigenvalue weighted by Gasteiger charge is -2.33. The van der Waals surface area contributed by atoms with Crippen molar-refractivity contribution in [1.82, 2.24) is 13.8 Å². The monoisotopic (exact) mass is 413 g/mol. The molecule has 0 atom stereocenters. The van der Waals surface area contributed by atoms with Gasteiger partial charge in [0.25, 0.3) is 0 Å². The van der Waals surface area contributed by atoms with Crippen LogP contribution in [0.5, 0.6) is 0 Å². The van der Waals surface area contributed by atoms with Crippen LogP contribution < -0.4 is 5.76 Å². The zero-order valence-electron chi connectivity index (χ0n) is 16.2. The fourth-order valence-electron chi connectivity index (χ4n) is 3.48. The number of sulfonamides is 1. The van der Waals surface area contributed by atoms with Crippen molar-refractivity contribution in [2.24, 2.45) is 7.05 Å². The van der Waals surface area contributed by atoms with Gasteiger partial charge < -0.3 is 4.42 Å². The fourth-order valence-corrected chi connectivity index (χ4v) is 4.92. The van der Waals surface area contributed by atoms with Crippen LogP contribution in [-0.2, 0) is 17.1 Å². The molecule has 4 rings (SSSR count). The van der Waals surface area contributed by atoms with Gasteiger partial charge >= 0.3 is 5.76 Å². The van der Waals surface area contributed by atoms with Crippen molar-refractivity contribution in [3.63, 3.8) is 0 Å². The molecule has 1 saturated heterocycles. The minimum Gasteiger partial charge on any atom is -0.408 e. The third kappa shape index (κ3) is 4.05. The predicted molar refractivity (Wildman–Crippen MR) is 112 cm³/mol. The number of fused-ring (bicyclic) bond motifs is 1. The van der Waals surface area contributed by atoms with Crippen molar-refractivity contribution in [3.8, 4) is 0 Å². The number of benzene rings is 2. The Labute approximate surface area is 169 Å². The van der Waals surface area contributed by atoms with E-state index < -0.39 is 15.8 Å². The smallest absolute Gasteiger partial charge is 0.408 e. The molecule has 0 saturated carbocycles. The van der Waals surface area contributed by atoms with Crippen LogP contribution in [0.4, 0.5) is 0 Å². The first-order valence-corrected chi connectivity index (χ1v) is 10.9. The number of hydrogen-bond acceptors (Lipinski definition) is 5. The number of aromatic nitrogens is 1. The minimum absolute atomic E-state index is 0.150. The van der Waals surface area contributed by atoms with E-state index >= 15 is 0 Å². The van der Waals surface area contributed by atoms with Gasteiger partial charge in [0.1, 0.15) is 0 Å². The number of aryl methyl sites for hydroxylation is 1. The van der Waals surface area contributed by atoms with Gasteiger partial charge in [0.05, 0.1) is 10.4 Å². The Morgan fingerprint density at radius 2 is 1.76 bits per heavy atom. The molecule has 2 aromatic carbocycles. The van der Waals surface area contributed by atoms with Crippen molar-refractivity contribution in [2.75, 3.05) is 32.7 Å². The summed E-state index contributed by atoms with van der Waals surface area (Å²) in [6.07, 6.45) is 4.18. The predicted octanol–water partition coefficient (Wildman–Crippen LogP) is 2.15. The van der Waals surface area contributed by atoms with Gasteiger partial charge in [-0.1, -0.05) is 42.5 Å². The summed E-state index contributed by atoms with van der Waals surface area (Å²) >= 11 is 0. The number of nitrogens with zero attached hydrogens (tertiary/aromatic N) is 3. The van der Waals surface area contributed by atoms with E-state index in [-0.39, 0.29) is 10.5 Å². The highest BCUT2D eigenvalue weighted by Crippen LogP contribution is 2.22. The van der Waals surface area contributed by atoms with Crippen molar-refractivity contribution < 1.29 is 12.8 Å². The van der Waals surface area contributed by atoms with Gasteiger partial charge in [0.15, 0.2) is 5.58 Å². The van der Waals surface area contributed by atoms with Crippen LogP contribution in [0.15, 0.2) is 68.7 Å². The van der Waals surface area contributed by atoms with Crippen LogP contribution in [0.3, 0.4) is 0 Å². The fraction of sp³-hybridized carbons (Fsp3) is 0.286. The SMILES string of the molecule is Cn1c(=O)oc2cc(S(=O)(=O)N3CCN(C/C=C/c4ccccc4)CC3)ccc21. The number of oxazole rings is 1. The molecule has 1 fully saturated rings. The van der Waals surface area contributed by atoms with E-state index in [1.54, 1.807) is 13.1 Å². The van der Waals surface area contributed by atoms with E-state index in [0.717, 1.165) is 12.1 Å². The molecule has 0 amide bonds. The molecule has 1 aliphatic heterocycles. The van der Waals surface area contributed by atoms with Crippen LogP contribution in [0.1, 0.15) is 5.56 Å². The van der Waals surface area contributed by atoms with Gasteiger partial charge in [-0.2, -0.15) is 4.31 Å². The molecule has 3 aromatic rings. The van der Waals surface area contributed by atoms with Gasteiger partial charge in [0.2, 0.25) is 10.0 Å². The van der Waals surface area contributed by atoms with Gasteiger partial charge in [0, 0.05) is 45.8 Å². The van der Waals surface area contributed by atoms with Crippen LogP contribution in [0, 0.1) is 0 Å². The van der Waals surface area contributed by atoms with E-state index in [2.05, 4.69) is 17.1 Å². The third-order valence-corrected chi connectivity index (χ3v) is 7.10. The summed E-state index contributed by atoms with van der Waals surface area (Å²) in [4.78, 5) is 14.0. The van der Waals surface area contributed by atoms with E-state index in [1.165, 1.54) is 21.0 Å². The second kappa shape index (κ2) is 7.98. The standard InChI is InChI=1S/C21H23N3O4S/c1-22-19-10-9-18(16-20(19)28-21(22)25)29(26,27)24-14-12-23(13-15-24)11-5-8-17-6-3-2-4-7-17/h2-10,16H,11-15H2,1H3/b8-5+. The maximum atomic E-state index is 13.0. The summed E-state index contributed by atoms with van der Waals surface area (Å²) in [7, 11) is -2.04. The van der Waals surface area contributed by atoms with Gasteiger partial charge in [-0.15, -0.1) is 0 Å². The van der Waals surface area contributed by atoms with Crippen LogP contribution in [0.25, 0.3) is 17.2 Å². The van der Waals surface area contributed by atoms with E-state index in [9.17, 15) is 13.2 Å². The topological polar surface area (TPSA) is 75.8 Å². The Morgan fingerprint density at radius 3 is 2.48 bits per heavy atom. The largest absolute Gasteiger partial charge is 0.419 e. The molecule has 8 heteroatoms. The highest BCUT2D eigenvalue weighted by Gasteiger charge is 2.28. The molecule has 0 radical (unpaired) electrons. The summed E-state index contributed by atoms with van der Waals surface area (Å²) in [6.45, 7) is 2.97. The maximum absolute atomic E-state index is 13.0. The van der Waals surface area contributed by atoms with Gasteiger partial charge in [-0.25, -0.2) is 13.2 Å². The average Bonchev–Trinajstić information content (AvgIpc) is 3.02. The first-order chi connectivity index (χ1) is 13.9. The van der Waals surface area contributed by atoms with E-state index in [4.69, 9.17) is 4.42 Å². The third-order valence-electron chi connectivity index (χ3n) is 5.21.